The van der Waals surface area contributed by atoms with Crippen LogP contribution in [-0.4, -0.2) is 38.7 Å². The Morgan fingerprint density at radius 3 is 2.00 bits per heavy atom. The van der Waals surface area contributed by atoms with Crippen molar-refractivity contribution in [2.75, 3.05) is 7.11 Å². The molecule has 6 nitrogen and oxygen atoms in total. The molecule has 0 aliphatic heterocycles. The van der Waals surface area contributed by atoms with Crippen molar-refractivity contribution in [3.63, 3.8) is 0 Å². The van der Waals surface area contributed by atoms with Gasteiger partial charge in [-0.1, -0.05) is 12.1 Å². The maximum Gasteiger partial charge on any atom is 0.125 e. The Balaban J connectivity index is 2.27. The van der Waals surface area contributed by atoms with Crippen molar-refractivity contribution in [2.45, 2.75) is 18.3 Å². The molecular weight excluding hydrogens is 288 g/mol. The van der Waals surface area contributed by atoms with Crippen molar-refractivity contribution in [2.24, 2.45) is 0 Å². The van der Waals surface area contributed by atoms with E-state index in [1.807, 2.05) is 0 Å². The summed E-state index contributed by atoms with van der Waals surface area (Å²) in [6, 6.07) is 9.63. The summed E-state index contributed by atoms with van der Waals surface area (Å²) < 4.78 is 5.18. The van der Waals surface area contributed by atoms with Gasteiger partial charge < -0.3 is 30.3 Å². The van der Waals surface area contributed by atoms with E-state index in [-0.39, 0.29) is 22.8 Å². The predicted molar refractivity (Wildman–Crippen MR) is 78.6 cm³/mol. The molecule has 0 fully saturated rings. The highest BCUT2D eigenvalue weighted by Crippen LogP contribution is 2.35. The number of phenolic OH excluding ortho intramolecular Hbond substituents is 3. The van der Waals surface area contributed by atoms with E-state index in [0.29, 0.717) is 5.56 Å². The van der Waals surface area contributed by atoms with Gasteiger partial charge in [-0.3, -0.25) is 0 Å². The number of methoxy groups -OCH3 is 1. The molecule has 118 valence electrons. The first-order chi connectivity index (χ1) is 10.4. The fourth-order valence-corrected chi connectivity index (χ4v) is 2.26. The van der Waals surface area contributed by atoms with Crippen LogP contribution >= 0.6 is 0 Å². The average molecular weight is 306 g/mol. The van der Waals surface area contributed by atoms with E-state index in [1.54, 1.807) is 0 Å². The topological polar surface area (TPSA) is 110 Å². The van der Waals surface area contributed by atoms with Crippen LogP contribution in [0.2, 0.25) is 0 Å². The minimum Gasteiger partial charge on any atom is -0.508 e. The van der Waals surface area contributed by atoms with Gasteiger partial charge in [0.05, 0.1) is 0 Å². The molecule has 0 amide bonds. The molecule has 0 saturated heterocycles. The summed E-state index contributed by atoms with van der Waals surface area (Å²) in [7, 11) is 1.34. The Hall–Kier alpha value is -2.28. The Morgan fingerprint density at radius 1 is 0.864 bits per heavy atom. The number of hydrogen-bond acceptors (Lipinski definition) is 6. The molecule has 0 aliphatic carbocycles. The monoisotopic (exact) mass is 306 g/mol. The normalized spacial score (nSPS) is 15.2. The van der Waals surface area contributed by atoms with Crippen molar-refractivity contribution in [1.82, 2.24) is 0 Å². The third-order valence-electron chi connectivity index (χ3n) is 3.44. The molecule has 0 spiro atoms. The van der Waals surface area contributed by atoms with Crippen LogP contribution in [0.4, 0.5) is 0 Å². The molecule has 2 aromatic rings. The molecule has 0 bridgehead atoms. The molecule has 6 heteroatoms. The summed E-state index contributed by atoms with van der Waals surface area (Å²) in [5.41, 5.74) is 0.635. The minimum atomic E-state index is -1.36. The number of aromatic hydroxyl groups is 3. The van der Waals surface area contributed by atoms with Gasteiger partial charge in [0, 0.05) is 18.7 Å². The number of benzene rings is 2. The molecular formula is C16H18O6. The quantitative estimate of drug-likeness (QED) is 0.574. The minimum absolute atomic E-state index is 0.0462. The first-order valence-electron chi connectivity index (χ1n) is 6.63. The van der Waals surface area contributed by atoms with Gasteiger partial charge in [-0.05, 0) is 29.8 Å². The molecule has 3 atom stereocenters. The number of rotatable bonds is 5. The van der Waals surface area contributed by atoms with E-state index >= 15 is 0 Å². The standard InChI is InChI=1S/C16H18O6/c1-22-16(12-7-6-11(18)8-13(12)19)15(21)14(20)9-2-4-10(17)5-3-9/h2-8,14-21H,1H3/t14-,15-,16-/m0/s1. The zero-order chi connectivity index (χ0) is 16.3. The largest absolute Gasteiger partial charge is 0.508 e. The highest BCUT2D eigenvalue weighted by Gasteiger charge is 2.30. The van der Waals surface area contributed by atoms with Crippen LogP contribution < -0.4 is 0 Å². The van der Waals surface area contributed by atoms with Crippen molar-refractivity contribution in [3.05, 3.63) is 53.6 Å². The summed E-state index contributed by atoms with van der Waals surface area (Å²) >= 11 is 0. The van der Waals surface area contributed by atoms with Gasteiger partial charge in [-0.2, -0.15) is 0 Å². The highest BCUT2D eigenvalue weighted by atomic mass is 16.5. The molecule has 5 N–H and O–H groups in total. The highest BCUT2D eigenvalue weighted by molar-refractivity contribution is 5.41. The molecule has 2 aromatic carbocycles. The van der Waals surface area contributed by atoms with Gasteiger partial charge in [-0.15, -0.1) is 0 Å². The lowest BCUT2D eigenvalue weighted by molar-refractivity contribution is -0.0795. The van der Waals surface area contributed by atoms with Gasteiger partial charge in [0.2, 0.25) is 0 Å². The van der Waals surface area contributed by atoms with Crippen molar-refractivity contribution in [3.8, 4) is 17.2 Å². The smallest absolute Gasteiger partial charge is 0.125 e. The lowest BCUT2D eigenvalue weighted by Gasteiger charge is -2.27. The van der Waals surface area contributed by atoms with Crippen LogP contribution in [0.3, 0.4) is 0 Å². The van der Waals surface area contributed by atoms with Crippen LogP contribution in [0.5, 0.6) is 17.2 Å². The summed E-state index contributed by atoms with van der Waals surface area (Å²) in [5.74, 6) is -0.321. The van der Waals surface area contributed by atoms with Crippen LogP contribution in [0.25, 0.3) is 0 Å². The van der Waals surface area contributed by atoms with Gasteiger partial charge in [0.15, 0.2) is 0 Å². The van der Waals surface area contributed by atoms with E-state index in [0.717, 1.165) is 6.07 Å². The molecule has 0 aromatic heterocycles. The number of hydrogen-bond donors (Lipinski definition) is 5. The van der Waals surface area contributed by atoms with Crippen LogP contribution in [0.15, 0.2) is 42.5 Å². The number of phenols is 3. The number of aliphatic hydroxyl groups is 2. The summed E-state index contributed by atoms with van der Waals surface area (Å²) in [6.45, 7) is 0. The molecule has 0 heterocycles. The predicted octanol–water partition coefficient (Wildman–Crippen LogP) is 1.59. The van der Waals surface area contributed by atoms with Gasteiger partial charge in [0.1, 0.15) is 35.6 Å². The Bertz CT molecular complexity index is 625. The molecule has 0 saturated carbocycles. The van der Waals surface area contributed by atoms with Crippen molar-refractivity contribution < 1.29 is 30.3 Å². The molecule has 2 rings (SSSR count). The van der Waals surface area contributed by atoms with E-state index in [2.05, 4.69) is 0 Å². The van der Waals surface area contributed by atoms with E-state index in [4.69, 9.17) is 4.74 Å². The van der Waals surface area contributed by atoms with Gasteiger partial charge >= 0.3 is 0 Å². The zero-order valence-electron chi connectivity index (χ0n) is 11.9. The summed E-state index contributed by atoms with van der Waals surface area (Å²) in [4.78, 5) is 0. The zero-order valence-corrected chi connectivity index (χ0v) is 11.9. The van der Waals surface area contributed by atoms with Crippen LogP contribution in [0.1, 0.15) is 23.3 Å². The lowest BCUT2D eigenvalue weighted by atomic mass is 9.95. The molecule has 22 heavy (non-hydrogen) atoms. The first-order valence-corrected chi connectivity index (χ1v) is 6.63. The first kappa shape index (κ1) is 16.1. The van der Waals surface area contributed by atoms with Crippen LogP contribution in [0, 0.1) is 0 Å². The number of aliphatic hydroxyl groups excluding tert-OH is 2. The fourth-order valence-electron chi connectivity index (χ4n) is 2.26. The van der Waals surface area contributed by atoms with Crippen molar-refractivity contribution in [1.29, 1.82) is 0 Å². The van der Waals surface area contributed by atoms with Crippen LogP contribution in [-0.2, 0) is 4.74 Å². The van der Waals surface area contributed by atoms with Crippen molar-refractivity contribution >= 4 is 0 Å². The average Bonchev–Trinajstić information content (AvgIpc) is 2.50. The maximum absolute atomic E-state index is 10.3. The van der Waals surface area contributed by atoms with E-state index in [9.17, 15) is 25.5 Å². The second kappa shape index (κ2) is 6.65. The molecule has 0 unspecified atom stereocenters. The summed E-state index contributed by atoms with van der Waals surface area (Å²) in [5, 5.41) is 49.0. The molecule has 0 radical (unpaired) electrons. The van der Waals surface area contributed by atoms with E-state index in [1.165, 1.54) is 43.5 Å². The van der Waals surface area contributed by atoms with Gasteiger partial charge in [0.25, 0.3) is 0 Å². The van der Waals surface area contributed by atoms with E-state index < -0.39 is 18.3 Å². The fraction of sp³-hybridized carbons (Fsp3) is 0.250. The third-order valence-corrected chi connectivity index (χ3v) is 3.44. The maximum atomic E-state index is 10.3. The second-order valence-electron chi connectivity index (χ2n) is 4.93. The Kier molecular flexibility index (Phi) is 4.87. The summed E-state index contributed by atoms with van der Waals surface area (Å²) in [6.07, 6.45) is -3.63. The number of ether oxygens (including phenoxy) is 1. The van der Waals surface area contributed by atoms with Gasteiger partial charge in [-0.25, -0.2) is 0 Å². The SMILES string of the molecule is CO[C@@H](c1ccc(O)cc1O)[C@@H](O)[C@@H](O)c1ccc(O)cc1. The lowest BCUT2D eigenvalue weighted by Crippen LogP contribution is -2.27. The Labute approximate surface area is 127 Å². The second-order valence-corrected chi connectivity index (χ2v) is 4.93. The Morgan fingerprint density at radius 2 is 1.45 bits per heavy atom. The third kappa shape index (κ3) is 3.30. The molecule has 0 aliphatic rings.